The molecule has 0 amide bonds. The average molecular weight is 592 g/mol. The molecule has 1 aromatic carbocycles. The van der Waals surface area contributed by atoms with Crippen LogP contribution in [0.2, 0.25) is 0 Å². The summed E-state index contributed by atoms with van der Waals surface area (Å²) in [5.41, 5.74) is 3.85. The Kier molecular flexibility index (Phi) is 7.23. The van der Waals surface area contributed by atoms with Crippen LogP contribution in [0.3, 0.4) is 0 Å². The lowest BCUT2D eigenvalue weighted by Crippen LogP contribution is -2.65. The van der Waals surface area contributed by atoms with Gasteiger partial charge in [0, 0.05) is 36.6 Å². The molecule has 2 heterocycles. The van der Waals surface area contributed by atoms with Crippen LogP contribution in [0.15, 0.2) is 58.3 Å². The van der Waals surface area contributed by atoms with E-state index in [9.17, 15) is 0 Å². The Labute approximate surface area is 254 Å². The van der Waals surface area contributed by atoms with Gasteiger partial charge in [-0.2, -0.15) is 5.10 Å². The van der Waals surface area contributed by atoms with Crippen molar-refractivity contribution >= 4 is 11.4 Å². The highest BCUT2D eigenvalue weighted by Gasteiger charge is 2.76. The lowest BCUT2D eigenvalue weighted by molar-refractivity contribution is -0.242. The van der Waals surface area contributed by atoms with Crippen LogP contribution in [0.4, 0.5) is 0 Å². The van der Waals surface area contributed by atoms with Gasteiger partial charge in [-0.3, -0.25) is 0 Å². The second kappa shape index (κ2) is 10.7. The van der Waals surface area contributed by atoms with Crippen molar-refractivity contribution in [2.24, 2.45) is 38.8 Å². The first-order valence-electron chi connectivity index (χ1n) is 15.7. The minimum atomic E-state index is -0.836. The van der Waals surface area contributed by atoms with Gasteiger partial charge in [-0.05, 0) is 75.1 Å². The van der Waals surface area contributed by atoms with Crippen LogP contribution in [-0.2, 0) is 23.8 Å². The molecule has 0 radical (unpaired) electrons. The molecule has 2 aliphatic heterocycles. The summed E-state index contributed by atoms with van der Waals surface area (Å²) in [7, 11) is 4.05. The SMILES string of the molecule is Cc1ccc(OCCO/N=C2/C=C[C@@]3(C)C(=C2)CC[C@@H]2[C@@H]3/C(=N\N(C)C)C[C@@]3(C)[C@H]2CC[C@@]32OCOC23COCO3)cc1. The molecule has 7 rings (SSSR count). The van der Waals surface area contributed by atoms with E-state index in [0.29, 0.717) is 37.6 Å². The van der Waals surface area contributed by atoms with Crippen LogP contribution >= 0.6 is 0 Å². The van der Waals surface area contributed by atoms with Crippen LogP contribution in [0.25, 0.3) is 0 Å². The van der Waals surface area contributed by atoms with Gasteiger partial charge in [0.2, 0.25) is 5.79 Å². The second-order valence-electron chi connectivity index (χ2n) is 13.8. The Balaban J connectivity index is 1.11. The molecule has 3 saturated carbocycles. The fourth-order valence-corrected chi connectivity index (χ4v) is 9.41. The van der Waals surface area contributed by atoms with Gasteiger partial charge in [0.1, 0.15) is 30.3 Å². The highest BCUT2D eigenvalue weighted by atomic mass is 16.9. The van der Waals surface area contributed by atoms with Crippen molar-refractivity contribution in [2.75, 3.05) is 47.5 Å². The van der Waals surface area contributed by atoms with Gasteiger partial charge in [0.25, 0.3) is 0 Å². The third kappa shape index (κ3) is 4.49. The molecule has 232 valence electrons. The van der Waals surface area contributed by atoms with Crippen molar-refractivity contribution in [3.63, 3.8) is 0 Å². The van der Waals surface area contributed by atoms with E-state index in [0.717, 1.165) is 43.6 Å². The van der Waals surface area contributed by atoms with Gasteiger partial charge in [-0.15, -0.1) is 0 Å². The molecule has 2 saturated heterocycles. The van der Waals surface area contributed by atoms with Gasteiger partial charge < -0.3 is 33.5 Å². The molecule has 43 heavy (non-hydrogen) atoms. The van der Waals surface area contributed by atoms with Crippen molar-refractivity contribution in [3.8, 4) is 5.75 Å². The van der Waals surface area contributed by atoms with E-state index in [2.05, 4.69) is 44.2 Å². The zero-order valence-electron chi connectivity index (χ0n) is 26.1. The number of fused-ring (bicyclic) bond motifs is 7. The molecule has 0 aromatic heterocycles. The average Bonchev–Trinajstić information content (AvgIpc) is 3.68. The van der Waals surface area contributed by atoms with Crippen LogP contribution in [-0.4, -0.2) is 75.3 Å². The number of ether oxygens (including phenoxy) is 5. The molecule has 0 bridgehead atoms. The molecule has 9 nitrogen and oxygen atoms in total. The Morgan fingerprint density at radius 2 is 1.84 bits per heavy atom. The summed E-state index contributed by atoms with van der Waals surface area (Å²) in [5, 5.41) is 11.6. The summed E-state index contributed by atoms with van der Waals surface area (Å²) in [4.78, 5) is 5.67. The molecular formula is C34H45N3O6. The van der Waals surface area contributed by atoms with Gasteiger partial charge in [0.05, 0.1) is 0 Å². The number of hydrogen-bond acceptors (Lipinski definition) is 9. The predicted octanol–water partition coefficient (Wildman–Crippen LogP) is 5.46. The Morgan fingerprint density at radius 3 is 2.60 bits per heavy atom. The van der Waals surface area contributed by atoms with Gasteiger partial charge in [0.15, 0.2) is 20.2 Å². The maximum atomic E-state index is 6.62. The second-order valence-corrected chi connectivity index (χ2v) is 13.8. The van der Waals surface area contributed by atoms with E-state index in [1.165, 1.54) is 16.8 Å². The van der Waals surface area contributed by atoms with E-state index in [4.69, 9.17) is 33.6 Å². The molecule has 5 fully saturated rings. The van der Waals surface area contributed by atoms with Gasteiger partial charge in [-0.25, -0.2) is 0 Å². The number of hydrogen-bond donors (Lipinski definition) is 0. The third-order valence-corrected chi connectivity index (χ3v) is 11.3. The Hall–Kier alpha value is -2.72. The topological polar surface area (TPSA) is 83.3 Å². The van der Waals surface area contributed by atoms with E-state index < -0.39 is 11.4 Å². The molecule has 2 spiro atoms. The molecule has 4 aliphatic carbocycles. The van der Waals surface area contributed by atoms with Crippen LogP contribution in [0.5, 0.6) is 5.75 Å². The van der Waals surface area contributed by atoms with Crippen molar-refractivity contribution in [2.45, 2.75) is 64.3 Å². The quantitative estimate of drug-likeness (QED) is 0.321. The van der Waals surface area contributed by atoms with E-state index in [1.54, 1.807) is 0 Å². The summed E-state index contributed by atoms with van der Waals surface area (Å²) >= 11 is 0. The summed E-state index contributed by atoms with van der Waals surface area (Å²) in [6, 6.07) is 8.03. The van der Waals surface area contributed by atoms with Crippen molar-refractivity contribution in [3.05, 3.63) is 53.6 Å². The summed E-state index contributed by atoms with van der Waals surface area (Å²) < 4.78 is 30.6. The molecule has 6 aliphatic rings. The Bertz CT molecular complexity index is 1340. The number of hydrazone groups is 1. The molecular weight excluding hydrogens is 546 g/mol. The van der Waals surface area contributed by atoms with E-state index in [-0.39, 0.29) is 24.4 Å². The number of nitrogens with zero attached hydrogens (tertiary/aromatic N) is 3. The summed E-state index contributed by atoms with van der Waals surface area (Å²) in [5.74, 6) is 1.24. The lowest BCUT2D eigenvalue weighted by atomic mass is 9.46. The first-order valence-corrected chi connectivity index (χ1v) is 15.7. The number of rotatable bonds is 6. The first-order chi connectivity index (χ1) is 20.7. The minimum Gasteiger partial charge on any atom is -0.490 e. The summed E-state index contributed by atoms with van der Waals surface area (Å²) in [6.07, 6.45) is 11.7. The molecule has 1 unspecified atom stereocenters. The maximum absolute atomic E-state index is 6.62. The summed E-state index contributed by atoms with van der Waals surface area (Å²) in [6.45, 7) is 8.60. The molecule has 7 atom stereocenters. The smallest absolute Gasteiger partial charge is 0.226 e. The molecule has 0 N–H and O–H groups in total. The maximum Gasteiger partial charge on any atom is 0.226 e. The highest BCUT2D eigenvalue weighted by Crippen LogP contribution is 2.70. The van der Waals surface area contributed by atoms with Crippen molar-refractivity contribution in [1.82, 2.24) is 5.01 Å². The number of oxime groups is 1. The standard InChI is InChI=1S/C34H45N3O6/c1-23-6-9-26(10-7-23)39-16-17-43-36-25-12-14-31(2)24(18-25)8-11-27-28-13-15-33(34(42-22-40-33)20-38-21-41-34)32(28,3)19-29(30(27)31)35-37(4)5/h6-7,9-10,12,14,18,27-28,30H,8,11,13,15-17,19-22H2,1-5H3/b35-29-,36-25-/t27-,28-,30+,31-,32-,33+,34?/m0/s1. The van der Waals surface area contributed by atoms with Crippen molar-refractivity contribution in [1.29, 1.82) is 0 Å². The van der Waals surface area contributed by atoms with Crippen molar-refractivity contribution < 1.29 is 28.5 Å². The Morgan fingerprint density at radius 1 is 1.02 bits per heavy atom. The van der Waals surface area contributed by atoms with Crippen LogP contribution < -0.4 is 4.74 Å². The number of benzene rings is 1. The van der Waals surface area contributed by atoms with Crippen LogP contribution in [0, 0.1) is 35.5 Å². The number of allylic oxidation sites excluding steroid dienone is 4. The lowest BCUT2D eigenvalue weighted by Gasteiger charge is -2.59. The van der Waals surface area contributed by atoms with Crippen LogP contribution in [0.1, 0.15) is 51.5 Å². The zero-order valence-corrected chi connectivity index (χ0v) is 26.1. The minimum absolute atomic E-state index is 0.139. The monoisotopic (exact) mass is 591 g/mol. The van der Waals surface area contributed by atoms with E-state index >= 15 is 0 Å². The van der Waals surface area contributed by atoms with E-state index in [1.807, 2.05) is 43.4 Å². The predicted molar refractivity (Wildman–Crippen MR) is 163 cm³/mol. The fourth-order valence-electron chi connectivity index (χ4n) is 9.41. The molecule has 9 heteroatoms. The molecule has 1 aromatic rings. The van der Waals surface area contributed by atoms with Gasteiger partial charge in [-0.1, -0.05) is 48.3 Å². The largest absolute Gasteiger partial charge is 0.490 e. The van der Waals surface area contributed by atoms with Gasteiger partial charge >= 0.3 is 0 Å². The fraction of sp³-hybridized carbons (Fsp3) is 0.647. The third-order valence-electron chi connectivity index (χ3n) is 11.3. The number of aryl methyl sites for hydroxylation is 1. The highest BCUT2D eigenvalue weighted by molar-refractivity contribution is 6.06. The zero-order chi connectivity index (χ0) is 29.9. The normalized spacial score (nSPS) is 41.4. The first kappa shape index (κ1) is 29.0.